The number of nitrogens with one attached hydrogen (secondary N) is 2. The number of alkyl halides is 2. The summed E-state index contributed by atoms with van der Waals surface area (Å²) in [5, 5.41) is 5.27. The number of halogens is 2. The van der Waals surface area contributed by atoms with Crippen LogP contribution in [0.4, 0.5) is 8.78 Å². The fourth-order valence-electron chi connectivity index (χ4n) is 5.46. The quantitative estimate of drug-likeness (QED) is 0.401. The minimum atomic E-state index is -3.54. The van der Waals surface area contributed by atoms with Crippen LogP contribution in [-0.4, -0.2) is 71.3 Å². The van der Waals surface area contributed by atoms with Gasteiger partial charge in [0.05, 0.1) is 24.6 Å². The van der Waals surface area contributed by atoms with Gasteiger partial charge in [-0.25, -0.2) is 4.98 Å². The predicted octanol–water partition coefficient (Wildman–Crippen LogP) is 3.52. The van der Waals surface area contributed by atoms with E-state index >= 15 is 0 Å². The Morgan fingerprint density at radius 2 is 1.86 bits per heavy atom. The average molecular weight is 599 g/mol. The molecule has 3 amide bonds. The lowest BCUT2D eigenvalue weighted by Crippen LogP contribution is -2.51. The van der Waals surface area contributed by atoms with Crippen molar-refractivity contribution < 1.29 is 37.4 Å². The number of piperidine rings is 1. The largest absolute Gasteiger partial charge is 0.482 e. The maximum absolute atomic E-state index is 13.6. The molecule has 1 aliphatic carbocycles. The summed E-state index contributed by atoms with van der Waals surface area (Å²) in [4.78, 5) is 55.1. The molecule has 3 heterocycles. The number of esters is 1. The van der Waals surface area contributed by atoms with E-state index in [1.54, 1.807) is 17.9 Å². The number of hydrogen-bond donors (Lipinski definition) is 2. The Kier molecular flexibility index (Phi) is 8.93. The van der Waals surface area contributed by atoms with Crippen molar-refractivity contribution in [3.63, 3.8) is 0 Å². The molecule has 3 fully saturated rings. The lowest BCUT2D eigenvalue weighted by atomic mass is 10.00. The minimum absolute atomic E-state index is 0.0769. The molecule has 2 N–H and O–H groups in total. The van der Waals surface area contributed by atoms with Gasteiger partial charge >= 0.3 is 11.9 Å². The molecule has 230 valence electrons. The molecule has 0 spiro atoms. The van der Waals surface area contributed by atoms with E-state index in [9.17, 15) is 28.0 Å². The van der Waals surface area contributed by atoms with Crippen LogP contribution in [0, 0.1) is 5.92 Å². The maximum Gasteiger partial charge on any atom is 0.321 e. The van der Waals surface area contributed by atoms with Crippen LogP contribution in [0.2, 0.25) is 0 Å². The fourth-order valence-corrected chi connectivity index (χ4v) is 5.46. The summed E-state index contributed by atoms with van der Waals surface area (Å²) < 4.78 is 38.3. The van der Waals surface area contributed by atoms with Crippen molar-refractivity contribution in [2.45, 2.75) is 76.0 Å². The lowest BCUT2D eigenvalue weighted by molar-refractivity contribution is -0.144. The highest BCUT2D eigenvalue weighted by Gasteiger charge is 2.37. The molecule has 10 nitrogen and oxygen atoms in total. The van der Waals surface area contributed by atoms with Crippen LogP contribution in [0.1, 0.15) is 79.6 Å². The molecule has 1 aromatic heterocycles. The standard InChI is InChI=1S/C31H36F2N4O6/c1-18(35-30(41)31(2,32)33)27(21-9-7-20(8-10-21)19-5-6-19)43-24-11-12-25(34-15-24)28(39)36-23-4-3-13-37(16-23)29(40)22-14-26(38)42-17-22/h7-12,15,18-19,22-23,27H,3-6,13-14,16-17H2,1-2H3,(H,35,41)(H,36,39)/t18-,22+,23-,27-/m0/s1. The molecule has 2 aliphatic heterocycles. The van der Waals surface area contributed by atoms with E-state index < -0.39 is 35.8 Å². The van der Waals surface area contributed by atoms with Crippen molar-refractivity contribution in [3.8, 4) is 5.75 Å². The molecule has 12 heteroatoms. The molecule has 1 saturated carbocycles. The van der Waals surface area contributed by atoms with Gasteiger partial charge in [0, 0.05) is 26.1 Å². The molecule has 3 aliphatic rings. The molecule has 4 atom stereocenters. The van der Waals surface area contributed by atoms with Crippen LogP contribution in [0.3, 0.4) is 0 Å². The summed E-state index contributed by atoms with van der Waals surface area (Å²) in [5.74, 6) is -5.53. The van der Waals surface area contributed by atoms with Crippen LogP contribution in [0.15, 0.2) is 42.6 Å². The monoisotopic (exact) mass is 598 g/mol. The van der Waals surface area contributed by atoms with Crippen molar-refractivity contribution in [1.29, 1.82) is 0 Å². The van der Waals surface area contributed by atoms with E-state index in [0.29, 0.717) is 50.1 Å². The second-order valence-electron chi connectivity index (χ2n) is 11.7. The van der Waals surface area contributed by atoms with Crippen molar-refractivity contribution in [2.24, 2.45) is 5.92 Å². The predicted molar refractivity (Wildman–Crippen MR) is 150 cm³/mol. The van der Waals surface area contributed by atoms with Crippen LogP contribution < -0.4 is 15.4 Å². The Labute approximate surface area is 248 Å². The number of aromatic nitrogens is 1. The highest BCUT2D eigenvalue weighted by Crippen LogP contribution is 2.40. The molecule has 43 heavy (non-hydrogen) atoms. The van der Waals surface area contributed by atoms with Crippen molar-refractivity contribution in [3.05, 3.63) is 59.4 Å². The smallest absolute Gasteiger partial charge is 0.321 e. The molecule has 1 aromatic carbocycles. The molecule has 0 unspecified atom stereocenters. The first kappa shape index (κ1) is 30.4. The summed E-state index contributed by atoms with van der Waals surface area (Å²) >= 11 is 0. The summed E-state index contributed by atoms with van der Waals surface area (Å²) in [6, 6.07) is 9.69. The molecule has 2 saturated heterocycles. The van der Waals surface area contributed by atoms with E-state index in [2.05, 4.69) is 15.6 Å². The van der Waals surface area contributed by atoms with E-state index in [1.807, 2.05) is 24.3 Å². The number of carbonyl (C=O) groups excluding carboxylic acids is 4. The molecule has 5 rings (SSSR count). The van der Waals surface area contributed by atoms with Crippen molar-refractivity contribution in [1.82, 2.24) is 20.5 Å². The van der Waals surface area contributed by atoms with Gasteiger partial charge in [-0.05, 0) is 61.8 Å². The van der Waals surface area contributed by atoms with E-state index in [1.165, 1.54) is 17.8 Å². The summed E-state index contributed by atoms with van der Waals surface area (Å²) in [7, 11) is 0. The van der Waals surface area contributed by atoms with Crippen LogP contribution in [0.25, 0.3) is 0 Å². The van der Waals surface area contributed by atoms with Crippen molar-refractivity contribution >= 4 is 23.7 Å². The van der Waals surface area contributed by atoms with E-state index in [4.69, 9.17) is 9.47 Å². The Morgan fingerprint density at radius 1 is 1.12 bits per heavy atom. The number of benzene rings is 1. The van der Waals surface area contributed by atoms with Gasteiger partial charge in [-0.3, -0.25) is 19.2 Å². The fraction of sp³-hybridized carbons (Fsp3) is 0.516. The SMILES string of the molecule is C[C@H](NC(=O)C(C)(F)F)[C@H](Oc1ccc(C(=O)N[C@H]2CCCN(C(=O)[C@H]3COC(=O)C3)C2)nc1)c1ccc(C2CC2)cc1. The average Bonchev–Trinajstić information content (AvgIpc) is 3.75. The second kappa shape index (κ2) is 12.6. The molecule has 2 aromatic rings. The second-order valence-corrected chi connectivity index (χ2v) is 11.7. The number of cyclic esters (lactones) is 1. The van der Waals surface area contributed by atoms with E-state index in [-0.39, 0.29) is 36.6 Å². The number of nitrogens with zero attached hydrogens (tertiary/aromatic N) is 2. The third-order valence-electron chi connectivity index (χ3n) is 8.03. The van der Waals surface area contributed by atoms with Crippen LogP contribution in [-0.2, 0) is 19.1 Å². The molecular weight excluding hydrogens is 562 g/mol. The summed E-state index contributed by atoms with van der Waals surface area (Å²) in [6.45, 7) is 3.11. The Hall–Kier alpha value is -4.09. The van der Waals surface area contributed by atoms with Crippen LogP contribution >= 0.6 is 0 Å². The zero-order valence-electron chi connectivity index (χ0n) is 24.2. The van der Waals surface area contributed by atoms with Crippen LogP contribution in [0.5, 0.6) is 5.75 Å². The number of likely N-dealkylation sites (tertiary alicyclic amines) is 1. The van der Waals surface area contributed by atoms with Gasteiger partial charge < -0.3 is 25.0 Å². The third-order valence-corrected chi connectivity index (χ3v) is 8.03. The number of amides is 3. The number of hydrogen-bond acceptors (Lipinski definition) is 7. The zero-order chi connectivity index (χ0) is 30.7. The normalized spacial score (nSPS) is 21.9. The lowest BCUT2D eigenvalue weighted by Gasteiger charge is -2.34. The topological polar surface area (TPSA) is 127 Å². The number of ether oxygens (including phenoxy) is 2. The number of pyridine rings is 1. The van der Waals surface area contributed by atoms with Gasteiger partial charge in [0.2, 0.25) is 5.91 Å². The molecule has 0 bridgehead atoms. The Morgan fingerprint density at radius 3 is 2.47 bits per heavy atom. The first-order valence-electron chi connectivity index (χ1n) is 14.6. The summed E-state index contributed by atoms with van der Waals surface area (Å²) in [6.07, 6.45) is 4.33. The van der Waals surface area contributed by atoms with Gasteiger partial charge in [0.15, 0.2) is 0 Å². The Bertz CT molecular complexity index is 1340. The third kappa shape index (κ3) is 7.66. The van der Waals surface area contributed by atoms with Gasteiger partial charge in [0.25, 0.3) is 11.8 Å². The first-order chi connectivity index (χ1) is 20.5. The van der Waals surface area contributed by atoms with Gasteiger partial charge in [-0.15, -0.1) is 0 Å². The number of rotatable bonds is 10. The molecule has 0 radical (unpaired) electrons. The maximum atomic E-state index is 13.6. The summed E-state index contributed by atoms with van der Waals surface area (Å²) in [5.41, 5.74) is 2.04. The zero-order valence-corrected chi connectivity index (χ0v) is 24.2. The van der Waals surface area contributed by atoms with Gasteiger partial charge in [0.1, 0.15) is 24.2 Å². The minimum Gasteiger partial charge on any atom is -0.482 e. The first-order valence-corrected chi connectivity index (χ1v) is 14.6. The Balaban J connectivity index is 1.22. The molecular formula is C31H36F2N4O6. The number of carbonyl (C=O) groups is 4. The van der Waals surface area contributed by atoms with Gasteiger partial charge in [-0.2, -0.15) is 8.78 Å². The van der Waals surface area contributed by atoms with E-state index in [0.717, 1.165) is 12.8 Å². The van der Waals surface area contributed by atoms with Crippen molar-refractivity contribution in [2.75, 3.05) is 19.7 Å². The highest BCUT2D eigenvalue weighted by molar-refractivity contribution is 5.92. The highest BCUT2D eigenvalue weighted by atomic mass is 19.3. The van der Waals surface area contributed by atoms with Gasteiger partial charge in [-0.1, -0.05) is 24.3 Å².